The highest BCUT2D eigenvalue weighted by molar-refractivity contribution is 5.90. The summed E-state index contributed by atoms with van der Waals surface area (Å²) >= 11 is 0. The van der Waals surface area contributed by atoms with Crippen molar-refractivity contribution < 1.29 is 0 Å². The van der Waals surface area contributed by atoms with Gasteiger partial charge >= 0.3 is 0 Å². The molecule has 0 nitrogen and oxygen atoms in total. The van der Waals surface area contributed by atoms with Crippen LogP contribution in [0.3, 0.4) is 0 Å². The maximum atomic E-state index is 2.52. The summed E-state index contributed by atoms with van der Waals surface area (Å²) in [4.78, 5) is 0. The molecule has 0 unspecified atom stereocenters. The summed E-state index contributed by atoms with van der Waals surface area (Å²) in [6, 6.07) is 22.4. The fraction of sp³-hybridized carbons (Fsp3) is 0.333. The van der Waals surface area contributed by atoms with Gasteiger partial charge in [-0.1, -0.05) is 105 Å². The van der Waals surface area contributed by atoms with Crippen LogP contribution in [0.5, 0.6) is 0 Å². The molecule has 0 bridgehead atoms. The second-order valence-corrected chi connectivity index (χ2v) is 8.48. The summed E-state index contributed by atoms with van der Waals surface area (Å²) in [5, 5.41) is 2.65. The third kappa shape index (κ3) is 3.46. The first-order chi connectivity index (χ1) is 13.4. The molecule has 2 aliphatic rings. The molecule has 3 aromatic rings. The van der Waals surface area contributed by atoms with E-state index in [1.165, 1.54) is 78.0 Å². The Balaban J connectivity index is 1.46. The van der Waals surface area contributed by atoms with E-state index in [1.54, 1.807) is 5.57 Å². The lowest BCUT2D eigenvalue weighted by molar-refractivity contribution is 0.455. The minimum absolute atomic E-state index is 0.914. The van der Waals surface area contributed by atoms with Gasteiger partial charge in [0.15, 0.2) is 0 Å². The SMILES string of the molecule is C1=C(CC2CCCCCC2)Cc2cccc(-c3ccc4ccccc4c3)c21. The van der Waals surface area contributed by atoms with Crippen LogP contribution >= 0.6 is 0 Å². The van der Waals surface area contributed by atoms with Crippen LogP contribution < -0.4 is 0 Å². The highest BCUT2D eigenvalue weighted by atomic mass is 14.2. The molecule has 0 aliphatic heterocycles. The van der Waals surface area contributed by atoms with Crippen molar-refractivity contribution in [3.05, 3.63) is 77.4 Å². The van der Waals surface area contributed by atoms with Gasteiger partial charge in [-0.25, -0.2) is 0 Å². The Labute approximate surface area is 162 Å². The smallest absolute Gasteiger partial charge is 0.00575 e. The largest absolute Gasteiger partial charge is 0.0649 e. The minimum Gasteiger partial charge on any atom is -0.0649 e. The molecule has 0 aromatic heterocycles. The fourth-order valence-corrected chi connectivity index (χ4v) is 5.12. The Kier molecular flexibility index (Phi) is 4.57. The van der Waals surface area contributed by atoms with Crippen LogP contribution in [0.15, 0.2) is 66.2 Å². The Morgan fingerprint density at radius 2 is 1.56 bits per heavy atom. The third-order valence-corrected chi connectivity index (χ3v) is 6.55. The Morgan fingerprint density at radius 1 is 0.741 bits per heavy atom. The first kappa shape index (κ1) is 16.8. The highest BCUT2D eigenvalue weighted by Gasteiger charge is 2.20. The van der Waals surface area contributed by atoms with Crippen LogP contribution in [0.2, 0.25) is 0 Å². The van der Waals surface area contributed by atoms with E-state index in [0.29, 0.717) is 0 Å². The first-order valence-corrected chi connectivity index (χ1v) is 10.7. The lowest BCUT2D eigenvalue weighted by Crippen LogP contribution is -2.00. The number of benzene rings is 3. The van der Waals surface area contributed by atoms with E-state index in [9.17, 15) is 0 Å². The first-order valence-electron chi connectivity index (χ1n) is 10.7. The van der Waals surface area contributed by atoms with Gasteiger partial charge in [-0.05, 0) is 57.9 Å². The van der Waals surface area contributed by atoms with E-state index >= 15 is 0 Å². The van der Waals surface area contributed by atoms with E-state index in [1.807, 2.05) is 0 Å². The maximum absolute atomic E-state index is 2.52. The molecule has 1 fully saturated rings. The zero-order valence-electron chi connectivity index (χ0n) is 16.1. The monoisotopic (exact) mass is 352 g/mol. The number of fused-ring (bicyclic) bond motifs is 2. The molecule has 0 heterocycles. The predicted octanol–water partition coefficient (Wildman–Crippen LogP) is 7.81. The molecular weight excluding hydrogens is 324 g/mol. The van der Waals surface area contributed by atoms with Crippen molar-refractivity contribution in [1.82, 2.24) is 0 Å². The average Bonchev–Trinajstić information content (AvgIpc) is 2.94. The van der Waals surface area contributed by atoms with Gasteiger partial charge in [0.05, 0.1) is 0 Å². The molecule has 1 saturated carbocycles. The van der Waals surface area contributed by atoms with Crippen molar-refractivity contribution >= 4 is 16.8 Å². The zero-order chi connectivity index (χ0) is 18.1. The van der Waals surface area contributed by atoms with E-state index < -0.39 is 0 Å². The standard InChI is InChI=1S/C27H28/c1-2-4-9-20(8-3-1)16-21-17-24-12-7-13-26(27(24)18-21)25-15-14-22-10-5-6-11-23(22)19-25/h5-7,10-15,18-20H,1-4,8-9,16-17H2. The van der Waals surface area contributed by atoms with E-state index in [0.717, 1.165) is 12.3 Å². The molecule has 27 heavy (non-hydrogen) atoms. The third-order valence-electron chi connectivity index (χ3n) is 6.55. The lowest BCUT2D eigenvalue weighted by atomic mass is 9.92. The molecule has 0 N–H and O–H groups in total. The summed E-state index contributed by atoms with van der Waals surface area (Å²) in [5.41, 5.74) is 7.39. The second-order valence-electron chi connectivity index (χ2n) is 8.48. The normalized spacial score (nSPS) is 17.6. The molecule has 0 radical (unpaired) electrons. The van der Waals surface area contributed by atoms with Crippen LogP contribution in [0.1, 0.15) is 56.1 Å². The average molecular weight is 353 g/mol. The topological polar surface area (TPSA) is 0 Å². The lowest BCUT2D eigenvalue weighted by Gasteiger charge is -2.14. The Bertz CT molecular complexity index is 984. The molecule has 136 valence electrons. The van der Waals surface area contributed by atoms with Crippen molar-refractivity contribution in [2.75, 3.05) is 0 Å². The fourth-order valence-electron chi connectivity index (χ4n) is 5.12. The van der Waals surface area contributed by atoms with Gasteiger partial charge in [-0.15, -0.1) is 0 Å². The molecule has 0 saturated heterocycles. The van der Waals surface area contributed by atoms with Crippen LogP contribution in [0.4, 0.5) is 0 Å². The quantitative estimate of drug-likeness (QED) is 0.422. The van der Waals surface area contributed by atoms with Crippen molar-refractivity contribution in [3.8, 4) is 11.1 Å². The van der Waals surface area contributed by atoms with E-state index in [4.69, 9.17) is 0 Å². The maximum Gasteiger partial charge on any atom is -0.00575 e. The minimum atomic E-state index is 0.914. The van der Waals surface area contributed by atoms with Gasteiger partial charge in [-0.3, -0.25) is 0 Å². The van der Waals surface area contributed by atoms with E-state index in [-0.39, 0.29) is 0 Å². The van der Waals surface area contributed by atoms with Gasteiger partial charge in [0.1, 0.15) is 0 Å². The van der Waals surface area contributed by atoms with Crippen LogP contribution in [-0.2, 0) is 6.42 Å². The Hall–Kier alpha value is -2.34. The summed E-state index contributed by atoms with van der Waals surface area (Å²) in [6.07, 6.45) is 13.6. The molecule has 0 amide bonds. The molecular formula is C27H28. The van der Waals surface area contributed by atoms with Crippen molar-refractivity contribution in [2.24, 2.45) is 5.92 Å². The van der Waals surface area contributed by atoms with Gasteiger partial charge in [-0.2, -0.15) is 0 Å². The molecule has 0 heteroatoms. The summed E-state index contributed by atoms with van der Waals surface area (Å²) in [7, 11) is 0. The molecule has 0 atom stereocenters. The molecule has 2 aliphatic carbocycles. The van der Waals surface area contributed by atoms with Crippen LogP contribution in [0, 0.1) is 5.92 Å². The van der Waals surface area contributed by atoms with Crippen molar-refractivity contribution in [3.63, 3.8) is 0 Å². The zero-order valence-corrected chi connectivity index (χ0v) is 16.1. The number of hydrogen-bond acceptors (Lipinski definition) is 0. The van der Waals surface area contributed by atoms with Gasteiger partial charge < -0.3 is 0 Å². The summed E-state index contributed by atoms with van der Waals surface area (Å²) < 4.78 is 0. The number of rotatable bonds is 3. The van der Waals surface area contributed by atoms with Gasteiger partial charge in [0.2, 0.25) is 0 Å². The van der Waals surface area contributed by atoms with E-state index in [2.05, 4.69) is 66.7 Å². The molecule has 5 rings (SSSR count). The summed E-state index contributed by atoms with van der Waals surface area (Å²) in [5.74, 6) is 0.914. The Morgan fingerprint density at radius 3 is 2.41 bits per heavy atom. The van der Waals surface area contributed by atoms with Gasteiger partial charge in [0, 0.05) is 0 Å². The highest BCUT2D eigenvalue weighted by Crippen LogP contribution is 2.38. The number of allylic oxidation sites excluding steroid dienone is 1. The molecule has 0 spiro atoms. The predicted molar refractivity (Wildman–Crippen MR) is 117 cm³/mol. The van der Waals surface area contributed by atoms with Crippen molar-refractivity contribution in [1.29, 1.82) is 0 Å². The van der Waals surface area contributed by atoms with Gasteiger partial charge in [0.25, 0.3) is 0 Å². The molecule has 3 aromatic carbocycles. The number of hydrogen-bond donors (Lipinski definition) is 0. The second kappa shape index (κ2) is 7.35. The van der Waals surface area contributed by atoms with Crippen LogP contribution in [0.25, 0.3) is 28.0 Å². The van der Waals surface area contributed by atoms with Crippen LogP contribution in [-0.4, -0.2) is 0 Å². The van der Waals surface area contributed by atoms with Crippen molar-refractivity contribution in [2.45, 2.75) is 51.4 Å². The summed E-state index contributed by atoms with van der Waals surface area (Å²) in [6.45, 7) is 0.